The van der Waals surface area contributed by atoms with E-state index in [1.54, 1.807) is 18.5 Å². The Bertz CT molecular complexity index is 1220. The van der Waals surface area contributed by atoms with Crippen molar-refractivity contribution in [3.05, 3.63) is 83.2 Å². The molecule has 1 saturated carbocycles. The number of carbonyl (C=O) groups excluding carboxylic acids is 1. The maximum atomic E-state index is 13.0. The van der Waals surface area contributed by atoms with Crippen molar-refractivity contribution < 1.29 is 9.90 Å². The van der Waals surface area contributed by atoms with Crippen LogP contribution in [0.5, 0.6) is 0 Å². The molecule has 0 radical (unpaired) electrons. The van der Waals surface area contributed by atoms with E-state index < -0.39 is 11.0 Å². The molecule has 1 spiro atoms. The zero-order chi connectivity index (χ0) is 24.3. The van der Waals surface area contributed by atoms with Gasteiger partial charge in [-0.1, -0.05) is 43.2 Å². The molecule has 2 aliphatic rings. The minimum Gasteiger partial charge on any atom is -0.387 e. The zero-order valence-corrected chi connectivity index (χ0v) is 19.8. The number of nitrogens with zero attached hydrogens (tertiary/aromatic N) is 4. The summed E-state index contributed by atoms with van der Waals surface area (Å²) in [5.74, 6) is 0. The minimum atomic E-state index is -1.08. The third kappa shape index (κ3) is 4.71. The van der Waals surface area contributed by atoms with Gasteiger partial charge in [-0.15, -0.1) is 0 Å². The Hall–Kier alpha value is -3.52. The number of rotatable bonds is 5. The summed E-state index contributed by atoms with van der Waals surface area (Å²) in [5, 5.41) is 15.0. The fourth-order valence-corrected chi connectivity index (χ4v) is 5.66. The summed E-state index contributed by atoms with van der Waals surface area (Å²) in [6.07, 6.45) is 8.97. The summed E-state index contributed by atoms with van der Waals surface area (Å²) in [6.45, 7) is 1.57. The fraction of sp³-hybridized carbons (Fsp3) is 0.407. The zero-order valence-electron chi connectivity index (χ0n) is 19.8. The quantitative estimate of drug-likeness (QED) is 0.593. The van der Waals surface area contributed by atoms with Crippen molar-refractivity contribution in [3.8, 4) is 11.3 Å². The first-order chi connectivity index (χ1) is 17.0. The van der Waals surface area contributed by atoms with Gasteiger partial charge in [-0.25, -0.2) is 9.78 Å². The van der Waals surface area contributed by atoms with E-state index in [9.17, 15) is 14.7 Å². The van der Waals surface area contributed by atoms with Gasteiger partial charge in [-0.05, 0) is 37.0 Å². The van der Waals surface area contributed by atoms with Crippen LogP contribution in [0.2, 0.25) is 0 Å². The Kier molecular flexibility index (Phi) is 6.38. The van der Waals surface area contributed by atoms with Crippen molar-refractivity contribution in [2.24, 2.45) is 5.41 Å². The van der Waals surface area contributed by atoms with Gasteiger partial charge < -0.3 is 15.3 Å². The maximum absolute atomic E-state index is 13.0. The molecule has 0 bridgehead atoms. The summed E-state index contributed by atoms with van der Waals surface area (Å²) in [7, 11) is 0. The number of urea groups is 1. The summed E-state index contributed by atoms with van der Waals surface area (Å²) in [6, 6.07) is 14.9. The van der Waals surface area contributed by atoms with E-state index in [0.717, 1.165) is 36.8 Å². The van der Waals surface area contributed by atoms with Gasteiger partial charge >= 0.3 is 6.03 Å². The number of carbonyl (C=O) groups is 1. The smallest absolute Gasteiger partial charge is 0.317 e. The van der Waals surface area contributed by atoms with Gasteiger partial charge in [-0.2, -0.15) is 0 Å². The standard InChI is InChI=1S/C27H31N5O3/c33-24-15-23(22-9-6-13-28-17-22)30-20-32(24)19-27(35)12-14-31(18-26(27)10-4-5-11-26)25(34)29-16-21-7-2-1-3-8-21/h1-3,6-9,13,15,17,20,35H,4-5,10-12,14,16,18-19H2,(H,29,34). The lowest BCUT2D eigenvalue weighted by atomic mass is 9.66. The number of aromatic nitrogens is 3. The van der Waals surface area contributed by atoms with Crippen molar-refractivity contribution >= 4 is 6.03 Å². The number of aliphatic hydroxyl groups is 1. The van der Waals surface area contributed by atoms with Crippen molar-refractivity contribution in [2.45, 2.75) is 50.8 Å². The molecule has 1 aliphatic heterocycles. The number of likely N-dealkylation sites (tertiary alicyclic amines) is 1. The van der Waals surface area contributed by atoms with Gasteiger partial charge in [0.25, 0.3) is 5.56 Å². The highest BCUT2D eigenvalue weighted by Gasteiger charge is 2.55. The topological polar surface area (TPSA) is 100 Å². The first-order valence-electron chi connectivity index (χ1n) is 12.2. The van der Waals surface area contributed by atoms with Gasteiger partial charge in [0.2, 0.25) is 0 Å². The molecule has 2 N–H and O–H groups in total. The highest BCUT2D eigenvalue weighted by atomic mass is 16.3. The van der Waals surface area contributed by atoms with Crippen molar-refractivity contribution in [1.82, 2.24) is 24.8 Å². The van der Waals surface area contributed by atoms with Crippen LogP contribution >= 0.6 is 0 Å². The molecule has 1 atom stereocenters. The molecule has 5 rings (SSSR count). The monoisotopic (exact) mass is 473 g/mol. The van der Waals surface area contributed by atoms with Crippen LogP contribution in [-0.4, -0.2) is 49.3 Å². The fourth-order valence-electron chi connectivity index (χ4n) is 5.66. The van der Waals surface area contributed by atoms with Crippen LogP contribution in [0.4, 0.5) is 4.79 Å². The van der Waals surface area contributed by atoms with E-state index in [0.29, 0.717) is 31.7 Å². The molecular weight excluding hydrogens is 442 g/mol. The predicted molar refractivity (Wildman–Crippen MR) is 132 cm³/mol. The molecule has 2 aromatic heterocycles. The van der Waals surface area contributed by atoms with Gasteiger partial charge in [0.1, 0.15) is 0 Å². The van der Waals surface area contributed by atoms with Gasteiger partial charge in [0.05, 0.1) is 24.2 Å². The van der Waals surface area contributed by atoms with Gasteiger partial charge in [0.15, 0.2) is 0 Å². The molecule has 3 heterocycles. The van der Waals surface area contributed by atoms with Crippen molar-refractivity contribution in [1.29, 1.82) is 0 Å². The SMILES string of the molecule is O=C(NCc1ccccc1)N1CCC(O)(Cn2cnc(-c3cccnc3)cc2=O)C2(CCCC2)C1. The van der Waals surface area contributed by atoms with E-state index >= 15 is 0 Å². The number of nitrogens with one attached hydrogen (secondary N) is 1. The minimum absolute atomic E-state index is 0.109. The lowest BCUT2D eigenvalue weighted by molar-refractivity contribution is -0.135. The van der Waals surface area contributed by atoms with Crippen LogP contribution in [0.3, 0.4) is 0 Å². The second kappa shape index (κ2) is 9.62. The molecule has 182 valence electrons. The molecule has 8 heteroatoms. The van der Waals surface area contributed by atoms with Crippen molar-refractivity contribution in [3.63, 3.8) is 0 Å². The lowest BCUT2D eigenvalue weighted by Crippen LogP contribution is -2.63. The van der Waals surface area contributed by atoms with E-state index in [1.807, 2.05) is 41.3 Å². The highest BCUT2D eigenvalue weighted by Crippen LogP contribution is 2.51. The first-order valence-corrected chi connectivity index (χ1v) is 12.2. The molecule has 1 saturated heterocycles. The van der Waals surface area contributed by atoms with Crippen LogP contribution in [0.25, 0.3) is 11.3 Å². The molecule has 2 fully saturated rings. The second-order valence-electron chi connectivity index (χ2n) is 9.82. The number of hydrogen-bond donors (Lipinski definition) is 2. The Morgan fingerprint density at radius 1 is 1.09 bits per heavy atom. The van der Waals surface area contributed by atoms with E-state index in [-0.39, 0.29) is 18.1 Å². The van der Waals surface area contributed by atoms with Crippen LogP contribution in [0.15, 0.2) is 72.0 Å². The normalized spacial score (nSPS) is 21.2. The number of pyridine rings is 1. The average Bonchev–Trinajstić information content (AvgIpc) is 3.37. The molecule has 1 unspecified atom stereocenters. The largest absolute Gasteiger partial charge is 0.387 e. The average molecular weight is 474 g/mol. The molecule has 8 nitrogen and oxygen atoms in total. The van der Waals surface area contributed by atoms with Crippen LogP contribution in [0, 0.1) is 5.41 Å². The van der Waals surface area contributed by atoms with Crippen LogP contribution in [0.1, 0.15) is 37.7 Å². The first kappa shape index (κ1) is 23.2. The van der Waals surface area contributed by atoms with E-state index in [4.69, 9.17) is 0 Å². The van der Waals surface area contributed by atoms with Crippen molar-refractivity contribution in [2.75, 3.05) is 13.1 Å². The number of hydrogen-bond acceptors (Lipinski definition) is 5. The van der Waals surface area contributed by atoms with Crippen LogP contribution < -0.4 is 10.9 Å². The predicted octanol–water partition coefficient (Wildman–Crippen LogP) is 3.21. The summed E-state index contributed by atoms with van der Waals surface area (Å²) in [4.78, 5) is 36.3. The summed E-state index contributed by atoms with van der Waals surface area (Å²) >= 11 is 0. The Morgan fingerprint density at radius 2 is 1.89 bits per heavy atom. The van der Waals surface area contributed by atoms with E-state index in [2.05, 4.69) is 15.3 Å². The molecule has 2 amide bonds. The number of piperidine rings is 1. The third-order valence-corrected chi connectivity index (χ3v) is 7.68. The molecule has 3 aromatic rings. The molecular formula is C27H31N5O3. The lowest BCUT2D eigenvalue weighted by Gasteiger charge is -2.52. The maximum Gasteiger partial charge on any atom is 0.317 e. The molecule has 35 heavy (non-hydrogen) atoms. The Morgan fingerprint density at radius 3 is 2.60 bits per heavy atom. The van der Waals surface area contributed by atoms with E-state index in [1.165, 1.54) is 17.0 Å². The number of amides is 2. The highest BCUT2D eigenvalue weighted by molar-refractivity contribution is 5.74. The Balaban J connectivity index is 1.31. The Labute approximate surface area is 204 Å². The second-order valence-corrected chi connectivity index (χ2v) is 9.82. The summed E-state index contributed by atoms with van der Waals surface area (Å²) in [5.41, 5.74) is 0.664. The molecule has 1 aliphatic carbocycles. The van der Waals surface area contributed by atoms with Gasteiger partial charge in [0, 0.05) is 49.1 Å². The summed E-state index contributed by atoms with van der Waals surface area (Å²) < 4.78 is 1.51. The third-order valence-electron chi connectivity index (χ3n) is 7.68. The van der Waals surface area contributed by atoms with Gasteiger partial charge in [-0.3, -0.25) is 14.3 Å². The molecule has 1 aromatic carbocycles. The van der Waals surface area contributed by atoms with Crippen LogP contribution in [-0.2, 0) is 13.1 Å². The number of benzene rings is 1.